The Bertz CT molecular complexity index is 1300. The van der Waals surface area contributed by atoms with E-state index in [4.69, 9.17) is 4.98 Å². The second-order valence-electron chi connectivity index (χ2n) is 8.20. The monoisotopic (exact) mass is 434 g/mol. The molecule has 0 aliphatic carbocycles. The van der Waals surface area contributed by atoms with E-state index in [9.17, 15) is 4.79 Å². The number of hydrogen-bond donors (Lipinski definition) is 1. The number of rotatable bonds is 5. The Morgan fingerprint density at radius 2 is 2.00 bits per heavy atom. The third kappa shape index (κ3) is 3.77. The number of hydrogen-bond acceptors (Lipinski definition) is 6. The summed E-state index contributed by atoms with van der Waals surface area (Å²) < 4.78 is 3.42. The van der Waals surface area contributed by atoms with Crippen LogP contribution in [0.15, 0.2) is 47.4 Å². The zero-order valence-electron chi connectivity index (χ0n) is 18.0. The van der Waals surface area contributed by atoms with Crippen molar-refractivity contribution < 1.29 is 0 Å². The van der Waals surface area contributed by atoms with Crippen molar-refractivity contribution in [2.24, 2.45) is 14.1 Å². The number of benzene rings is 1. The van der Waals surface area contributed by atoms with Crippen LogP contribution in [-0.4, -0.2) is 30.5 Å². The van der Waals surface area contributed by atoms with E-state index in [1.165, 1.54) is 10.4 Å². The van der Waals surface area contributed by atoms with Gasteiger partial charge in [-0.2, -0.15) is 0 Å². The molecule has 4 heterocycles. The zero-order chi connectivity index (χ0) is 21.5. The Morgan fingerprint density at radius 3 is 2.81 bits per heavy atom. The molecule has 1 aromatic carbocycles. The minimum Gasteiger partial charge on any atom is -0.316 e. The normalized spacial score (nSPS) is 16.9. The van der Waals surface area contributed by atoms with Gasteiger partial charge in [-0.3, -0.25) is 14.0 Å². The molecule has 1 fully saturated rings. The molecule has 4 aromatic rings. The summed E-state index contributed by atoms with van der Waals surface area (Å²) in [6.45, 7) is 3.93. The van der Waals surface area contributed by atoms with Crippen molar-refractivity contribution in [1.82, 2.24) is 24.0 Å². The molecule has 0 spiro atoms. The minimum atomic E-state index is 0.00939. The van der Waals surface area contributed by atoms with Crippen LogP contribution in [0.4, 0.5) is 10.9 Å². The summed E-state index contributed by atoms with van der Waals surface area (Å²) in [5, 5.41) is 4.20. The number of likely N-dealkylation sites (tertiary alicyclic amines) is 1. The lowest BCUT2D eigenvalue weighted by Gasteiger charge is -2.24. The van der Waals surface area contributed by atoms with Crippen molar-refractivity contribution in [3.8, 4) is 0 Å². The third-order valence-corrected chi connectivity index (χ3v) is 6.88. The van der Waals surface area contributed by atoms with E-state index in [2.05, 4.69) is 45.5 Å². The van der Waals surface area contributed by atoms with Crippen LogP contribution < -0.4 is 11.0 Å². The SMILES string of the molecule is Cc1cnc(Nc2cccc([C@H]3CCCN3Cc3ccc4c(c3)n(C)c(=O)n4C)n2)s1. The fourth-order valence-electron chi connectivity index (χ4n) is 4.46. The van der Waals surface area contributed by atoms with Gasteiger partial charge in [0.25, 0.3) is 0 Å². The van der Waals surface area contributed by atoms with Crippen LogP contribution in [0.1, 0.15) is 35.0 Å². The van der Waals surface area contributed by atoms with Crippen LogP contribution in [0.2, 0.25) is 0 Å². The van der Waals surface area contributed by atoms with E-state index in [1.54, 1.807) is 20.5 Å². The molecule has 8 heteroatoms. The highest BCUT2D eigenvalue weighted by atomic mass is 32.1. The van der Waals surface area contributed by atoms with Crippen molar-refractivity contribution in [3.63, 3.8) is 0 Å². The third-order valence-electron chi connectivity index (χ3n) is 6.05. The molecule has 0 amide bonds. The number of pyridine rings is 1. The molecule has 0 unspecified atom stereocenters. The smallest absolute Gasteiger partial charge is 0.316 e. The molecule has 0 saturated carbocycles. The van der Waals surface area contributed by atoms with E-state index in [0.717, 1.165) is 53.6 Å². The Kier molecular flexibility index (Phi) is 5.11. The Labute approximate surface area is 185 Å². The van der Waals surface area contributed by atoms with Crippen LogP contribution in [0.25, 0.3) is 11.0 Å². The maximum Gasteiger partial charge on any atom is 0.328 e. The fourth-order valence-corrected chi connectivity index (χ4v) is 5.14. The first-order chi connectivity index (χ1) is 15.0. The molecule has 3 aromatic heterocycles. The molecule has 0 radical (unpaired) electrons. The second-order valence-corrected chi connectivity index (χ2v) is 9.44. The van der Waals surface area contributed by atoms with Gasteiger partial charge < -0.3 is 5.32 Å². The van der Waals surface area contributed by atoms with Gasteiger partial charge in [-0.05, 0) is 56.1 Å². The number of aromatic nitrogens is 4. The number of fused-ring (bicyclic) bond motifs is 1. The van der Waals surface area contributed by atoms with Gasteiger partial charge in [0.15, 0.2) is 5.13 Å². The molecule has 7 nitrogen and oxygen atoms in total. The molecule has 1 aliphatic rings. The predicted molar refractivity (Wildman–Crippen MR) is 125 cm³/mol. The average molecular weight is 435 g/mol. The lowest BCUT2D eigenvalue weighted by molar-refractivity contribution is 0.244. The summed E-state index contributed by atoms with van der Waals surface area (Å²) in [5.41, 5.74) is 4.25. The first-order valence-corrected chi connectivity index (χ1v) is 11.4. The van der Waals surface area contributed by atoms with Gasteiger partial charge in [0.1, 0.15) is 5.82 Å². The van der Waals surface area contributed by atoms with Crippen molar-refractivity contribution in [1.29, 1.82) is 0 Å². The minimum absolute atomic E-state index is 0.00939. The van der Waals surface area contributed by atoms with E-state index in [-0.39, 0.29) is 11.7 Å². The molecular formula is C23H26N6OS. The Hall–Kier alpha value is -2.97. The Morgan fingerprint density at radius 1 is 1.16 bits per heavy atom. The molecule has 160 valence electrons. The molecule has 1 saturated heterocycles. The maximum atomic E-state index is 12.2. The predicted octanol–water partition coefficient (Wildman–Crippen LogP) is 4.12. The standard InChI is InChI=1S/C23H26N6OS/c1-15-13-24-22(31-15)26-21-8-4-6-17(25-21)18-7-5-11-29(18)14-16-9-10-19-20(12-16)28(3)23(30)27(19)2/h4,6,8-10,12-13,18H,5,7,11,14H2,1-3H3,(H,24,25,26)/t18-/m1/s1. The first kappa shape index (κ1) is 20.0. The van der Waals surface area contributed by atoms with Gasteiger partial charge in [0, 0.05) is 31.7 Å². The van der Waals surface area contributed by atoms with E-state index in [0.29, 0.717) is 0 Å². The Balaban J connectivity index is 1.38. The highest BCUT2D eigenvalue weighted by Gasteiger charge is 2.27. The fraction of sp³-hybridized carbons (Fsp3) is 0.348. The number of thiazole rings is 1. The molecular weight excluding hydrogens is 408 g/mol. The second kappa shape index (κ2) is 7.94. The van der Waals surface area contributed by atoms with Gasteiger partial charge in [0.2, 0.25) is 0 Å². The summed E-state index contributed by atoms with van der Waals surface area (Å²) in [7, 11) is 3.65. The highest BCUT2D eigenvalue weighted by Crippen LogP contribution is 2.33. The molecule has 5 rings (SSSR count). The summed E-state index contributed by atoms with van der Waals surface area (Å²) >= 11 is 1.63. The van der Waals surface area contributed by atoms with E-state index >= 15 is 0 Å². The maximum absolute atomic E-state index is 12.2. The number of aryl methyl sites for hydroxylation is 3. The first-order valence-electron chi connectivity index (χ1n) is 10.5. The van der Waals surface area contributed by atoms with Gasteiger partial charge >= 0.3 is 5.69 Å². The number of anilines is 2. The summed E-state index contributed by atoms with van der Waals surface area (Å²) in [6.07, 6.45) is 4.12. The summed E-state index contributed by atoms with van der Waals surface area (Å²) in [4.78, 5) is 25.2. The van der Waals surface area contributed by atoms with Crippen molar-refractivity contribution in [2.45, 2.75) is 32.4 Å². The molecule has 31 heavy (non-hydrogen) atoms. The van der Waals surface area contributed by atoms with Gasteiger partial charge in [-0.15, -0.1) is 11.3 Å². The number of nitrogens with one attached hydrogen (secondary N) is 1. The van der Waals surface area contributed by atoms with Crippen molar-refractivity contribution >= 4 is 33.3 Å². The molecule has 0 bridgehead atoms. The largest absolute Gasteiger partial charge is 0.328 e. The lowest BCUT2D eigenvalue weighted by atomic mass is 10.1. The van der Waals surface area contributed by atoms with E-state index < -0.39 is 0 Å². The van der Waals surface area contributed by atoms with E-state index in [1.807, 2.05) is 33.3 Å². The van der Waals surface area contributed by atoms with Crippen LogP contribution >= 0.6 is 11.3 Å². The highest BCUT2D eigenvalue weighted by molar-refractivity contribution is 7.15. The van der Waals surface area contributed by atoms with Crippen LogP contribution in [0.3, 0.4) is 0 Å². The van der Waals surface area contributed by atoms with Gasteiger partial charge in [0.05, 0.1) is 22.8 Å². The lowest BCUT2D eigenvalue weighted by Crippen LogP contribution is -2.23. The molecule has 1 atom stereocenters. The number of imidazole rings is 1. The van der Waals surface area contributed by atoms with Crippen LogP contribution in [0.5, 0.6) is 0 Å². The zero-order valence-corrected chi connectivity index (χ0v) is 18.8. The molecule has 1 aliphatic heterocycles. The van der Waals surface area contributed by atoms with Crippen molar-refractivity contribution in [3.05, 3.63) is 69.2 Å². The average Bonchev–Trinajstić information content (AvgIpc) is 3.45. The van der Waals surface area contributed by atoms with Crippen LogP contribution in [-0.2, 0) is 20.6 Å². The van der Waals surface area contributed by atoms with Crippen molar-refractivity contribution in [2.75, 3.05) is 11.9 Å². The number of nitrogens with zero attached hydrogens (tertiary/aromatic N) is 5. The topological polar surface area (TPSA) is 68.0 Å². The van der Waals surface area contributed by atoms with Gasteiger partial charge in [-0.1, -0.05) is 12.1 Å². The molecule has 1 N–H and O–H groups in total. The summed E-state index contributed by atoms with van der Waals surface area (Å²) in [5.74, 6) is 0.833. The van der Waals surface area contributed by atoms with Gasteiger partial charge in [-0.25, -0.2) is 14.8 Å². The quantitative estimate of drug-likeness (QED) is 0.512. The summed E-state index contributed by atoms with van der Waals surface area (Å²) in [6, 6.07) is 12.8. The van der Waals surface area contributed by atoms with Crippen LogP contribution in [0, 0.1) is 6.92 Å².